The van der Waals surface area contributed by atoms with Gasteiger partial charge in [-0.05, 0) is 33.6 Å². The highest BCUT2D eigenvalue weighted by molar-refractivity contribution is 9.10. The third-order valence-electron chi connectivity index (χ3n) is 1.86. The molecule has 1 unspecified atom stereocenters. The van der Waals surface area contributed by atoms with Gasteiger partial charge in [0.25, 0.3) is 0 Å². The molecule has 0 bridgehead atoms. The maximum absolute atomic E-state index is 13.3. The van der Waals surface area contributed by atoms with Crippen LogP contribution in [0, 0.1) is 5.82 Å². The number of ether oxygens (including phenoxy) is 1. The van der Waals surface area contributed by atoms with Crippen LogP contribution < -0.4 is 10.5 Å². The molecular formula is C9H11BrFNO2. The van der Waals surface area contributed by atoms with Gasteiger partial charge >= 0.3 is 0 Å². The number of aliphatic hydroxyl groups is 1. The maximum Gasteiger partial charge on any atom is 0.141 e. The molecule has 1 rings (SSSR count). The highest BCUT2D eigenvalue weighted by atomic mass is 79.9. The average molecular weight is 264 g/mol. The normalized spacial score (nSPS) is 12.6. The van der Waals surface area contributed by atoms with Crippen LogP contribution in [0.25, 0.3) is 0 Å². The highest BCUT2D eigenvalue weighted by Gasteiger charge is 2.12. The van der Waals surface area contributed by atoms with Crippen LogP contribution in [0.2, 0.25) is 0 Å². The molecule has 0 heterocycles. The zero-order chi connectivity index (χ0) is 10.7. The van der Waals surface area contributed by atoms with Crippen LogP contribution in [-0.4, -0.2) is 18.8 Å². The molecule has 0 radical (unpaired) electrons. The number of hydrogen-bond acceptors (Lipinski definition) is 3. The summed E-state index contributed by atoms with van der Waals surface area (Å²) >= 11 is 3.04. The molecule has 0 spiro atoms. The van der Waals surface area contributed by atoms with Crippen LogP contribution in [0.5, 0.6) is 5.75 Å². The minimum absolute atomic E-state index is 0.232. The first kappa shape index (κ1) is 11.4. The molecule has 3 nitrogen and oxygen atoms in total. The van der Waals surface area contributed by atoms with Crippen LogP contribution >= 0.6 is 15.9 Å². The number of benzene rings is 1. The van der Waals surface area contributed by atoms with Crippen molar-refractivity contribution < 1.29 is 14.2 Å². The van der Waals surface area contributed by atoms with E-state index in [-0.39, 0.29) is 11.1 Å². The Kier molecular flexibility index (Phi) is 3.86. The second-order valence-corrected chi connectivity index (χ2v) is 3.60. The van der Waals surface area contributed by atoms with E-state index in [4.69, 9.17) is 15.6 Å². The predicted octanol–water partition coefficient (Wildman–Crippen LogP) is 1.59. The lowest BCUT2D eigenvalue weighted by atomic mass is 10.1. The van der Waals surface area contributed by atoms with E-state index < -0.39 is 11.9 Å². The monoisotopic (exact) mass is 263 g/mol. The van der Waals surface area contributed by atoms with E-state index in [2.05, 4.69) is 15.9 Å². The fourth-order valence-electron chi connectivity index (χ4n) is 1.05. The van der Waals surface area contributed by atoms with Gasteiger partial charge in [0.2, 0.25) is 0 Å². The van der Waals surface area contributed by atoms with Crippen molar-refractivity contribution in [1.82, 2.24) is 0 Å². The Morgan fingerprint density at radius 3 is 2.79 bits per heavy atom. The molecule has 0 aliphatic heterocycles. The molecule has 0 aromatic heterocycles. The Balaban J connectivity index is 3.16. The van der Waals surface area contributed by atoms with Crippen molar-refractivity contribution in [2.45, 2.75) is 6.04 Å². The summed E-state index contributed by atoms with van der Waals surface area (Å²) in [6.07, 6.45) is 0. The lowest BCUT2D eigenvalue weighted by Gasteiger charge is -2.12. The van der Waals surface area contributed by atoms with Gasteiger partial charge in [-0.1, -0.05) is 0 Å². The summed E-state index contributed by atoms with van der Waals surface area (Å²) in [7, 11) is 1.44. The average Bonchev–Trinajstić information content (AvgIpc) is 2.20. The molecule has 0 aliphatic carbocycles. The summed E-state index contributed by atoms with van der Waals surface area (Å²) in [5, 5.41) is 8.81. The molecule has 0 aliphatic rings. The Hall–Kier alpha value is -0.650. The minimum atomic E-state index is -0.591. The van der Waals surface area contributed by atoms with E-state index in [1.54, 1.807) is 6.07 Å². The molecule has 1 aromatic carbocycles. The molecule has 0 fully saturated rings. The van der Waals surface area contributed by atoms with Crippen molar-refractivity contribution in [3.63, 3.8) is 0 Å². The lowest BCUT2D eigenvalue weighted by molar-refractivity contribution is 0.267. The first-order valence-corrected chi connectivity index (χ1v) is 4.78. The van der Waals surface area contributed by atoms with Gasteiger partial charge < -0.3 is 15.6 Å². The van der Waals surface area contributed by atoms with Crippen LogP contribution in [0.3, 0.4) is 0 Å². The van der Waals surface area contributed by atoms with Crippen LogP contribution in [0.1, 0.15) is 11.6 Å². The smallest absolute Gasteiger partial charge is 0.141 e. The van der Waals surface area contributed by atoms with Crippen molar-refractivity contribution in [3.05, 3.63) is 28.0 Å². The molecule has 14 heavy (non-hydrogen) atoms. The topological polar surface area (TPSA) is 55.5 Å². The standard InChI is InChI=1S/C9H11BrFNO2/c1-14-8-3-5(7(12)4-13)2-6(11)9(8)10/h2-3,7,13H,4,12H2,1H3. The Morgan fingerprint density at radius 2 is 2.29 bits per heavy atom. The summed E-state index contributed by atoms with van der Waals surface area (Å²) in [4.78, 5) is 0. The van der Waals surface area contributed by atoms with E-state index in [0.717, 1.165) is 0 Å². The van der Waals surface area contributed by atoms with Gasteiger partial charge in [0, 0.05) is 0 Å². The van der Waals surface area contributed by atoms with Crippen molar-refractivity contribution >= 4 is 15.9 Å². The van der Waals surface area contributed by atoms with Crippen molar-refractivity contribution in [2.75, 3.05) is 13.7 Å². The lowest BCUT2D eigenvalue weighted by Crippen LogP contribution is -2.14. The Labute approximate surface area is 89.8 Å². The third-order valence-corrected chi connectivity index (χ3v) is 2.63. The maximum atomic E-state index is 13.3. The molecule has 0 saturated heterocycles. The van der Waals surface area contributed by atoms with Gasteiger partial charge in [0.05, 0.1) is 24.2 Å². The van der Waals surface area contributed by atoms with Gasteiger partial charge in [-0.15, -0.1) is 0 Å². The summed E-state index contributed by atoms with van der Waals surface area (Å²) in [6.45, 7) is -0.232. The third kappa shape index (κ3) is 2.23. The number of hydrogen-bond donors (Lipinski definition) is 2. The fourth-order valence-corrected chi connectivity index (χ4v) is 1.44. The number of aliphatic hydroxyl groups excluding tert-OH is 1. The SMILES string of the molecule is COc1cc(C(N)CO)cc(F)c1Br. The van der Waals surface area contributed by atoms with E-state index in [1.807, 2.05) is 0 Å². The number of halogens is 2. The van der Waals surface area contributed by atoms with Crippen LogP contribution in [-0.2, 0) is 0 Å². The second-order valence-electron chi connectivity index (χ2n) is 2.81. The molecule has 78 valence electrons. The van der Waals surface area contributed by atoms with E-state index in [9.17, 15) is 4.39 Å². The van der Waals surface area contributed by atoms with Gasteiger partial charge in [-0.25, -0.2) is 4.39 Å². The largest absolute Gasteiger partial charge is 0.495 e. The first-order chi connectivity index (χ1) is 6.60. The van der Waals surface area contributed by atoms with Crippen LogP contribution in [0.15, 0.2) is 16.6 Å². The highest BCUT2D eigenvalue weighted by Crippen LogP contribution is 2.30. The van der Waals surface area contributed by atoms with Gasteiger partial charge in [-0.2, -0.15) is 0 Å². The summed E-state index contributed by atoms with van der Waals surface area (Å²) in [5.41, 5.74) is 6.05. The quantitative estimate of drug-likeness (QED) is 0.871. The van der Waals surface area contributed by atoms with Crippen LogP contribution in [0.4, 0.5) is 4.39 Å². The molecule has 3 N–H and O–H groups in total. The zero-order valence-electron chi connectivity index (χ0n) is 7.63. The number of nitrogens with two attached hydrogens (primary N) is 1. The fraction of sp³-hybridized carbons (Fsp3) is 0.333. The Bertz CT molecular complexity index is 333. The molecular weight excluding hydrogens is 253 g/mol. The van der Waals surface area contributed by atoms with E-state index in [1.165, 1.54) is 13.2 Å². The van der Waals surface area contributed by atoms with Crippen molar-refractivity contribution in [3.8, 4) is 5.75 Å². The molecule has 1 atom stereocenters. The Morgan fingerprint density at radius 1 is 1.64 bits per heavy atom. The van der Waals surface area contributed by atoms with E-state index in [0.29, 0.717) is 11.3 Å². The molecule has 0 saturated carbocycles. The molecule has 1 aromatic rings. The molecule has 0 amide bonds. The van der Waals surface area contributed by atoms with E-state index >= 15 is 0 Å². The number of rotatable bonds is 3. The van der Waals surface area contributed by atoms with Crippen molar-refractivity contribution in [1.29, 1.82) is 0 Å². The van der Waals surface area contributed by atoms with Crippen molar-refractivity contribution in [2.24, 2.45) is 5.73 Å². The summed E-state index contributed by atoms with van der Waals surface area (Å²) in [6, 6.07) is 2.27. The summed E-state index contributed by atoms with van der Waals surface area (Å²) in [5.74, 6) is -0.0906. The van der Waals surface area contributed by atoms with Gasteiger partial charge in [0.1, 0.15) is 11.6 Å². The van der Waals surface area contributed by atoms with Gasteiger partial charge in [-0.3, -0.25) is 0 Å². The van der Waals surface area contributed by atoms with Gasteiger partial charge in [0.15, 0.2) is 0 Å². The first-order valence-electron chi connectivity index (χ1n) is 3.99. The predicted molar refractivity (Wildman–Crippen MR) is 54.7 cm³/mol. The molecule has 5 heteroatoms. The number of methoxy groups -OCH3 is 1. The minimum Gasteiger partial charge on any atom is -0.495 e. The summed E-state index contributed by atoms with van der Waals surface area (Å²) < 4.78 is 18.5. The second kappa shape index (κ2) is 4.72. The zero-order valence-corrected chi connectivity index (χ0v) is 9.21.